The number of likely N-dealkylation sites (tertiary alicyclic amines) is 1. The zero-order valence-electron chi connectivity index (χ0n) is 14.8. The van der Waals surface area contributed by atoms with Gasteiger partial charge in [-0.1, -0.05) is 60.1 Å². The number of benzene rings is 2. The normalized spacial score (nSPS) is 18.5. The molecule has 2 aromatic rings. The van der Waals surface area contributed by atoms with Gasteiger partial charge < -0.3 is 15.1 Å². The summed E-state index contributed by atoms with van der Waals surface area (Å²) in [7, 11) is 0. The molecule has 2 aromatic carbocycles. The molecule has 0 spiro atoms. The van der Waals surface area contributed by atoms with E-state index in [1.54, 1.807) is 54.6 Å². The van der Waals surface area contributed by atoms with Crippen LogP contribution in [0.25, 0.3) is 5.76 Å². The lowest BCUT2D eigenvalue weighted by Crippen LogP contribution is -2.31. The van der Waals surface area contributed by atoms with Crippen molar-refractivity contribution < 1.29 is 24.6 Å². The topological polar surface area (TPSA) is 94.9 Å². The summed E-state index contributed by atoms with van der Waals surface area (Å²) in [5, 5.41) is 20.0. The summed E-state index contributed by atoms with van der Waals surface area (Å²) < 4.78 is 0. The number of carbonyl (C=O) groups excluding carboxylic acids is 2. The summed E-state index contributed by atoms with van der Waals surface area (Å²) in [6.07, 6.45) is 0.0333. The quantitative estimate of drug-likeness (QED) is 0.439. The molecule has 1 aliphatic heterocycles. The zero-order valence-corrected chi connectivity index (χ0v) is 15.6. The molecule has 1 aliphatic rings. The maximum Gasteiger partial charge on any atom is 0.303 e. The molecule has 28 heavy (non-hydrogen) atoms. The number of aliphatic hydroxyl groups excluding tert-OH is 1. The molecule has 144 valence electrons. The third kappa shape index (κ3) is 3.77. The molecule has 1 fully saturated rings. The summed E-state index contributed by atoms with van der Waals surface area (Å²) in [5.74, 6) is -2.88. The number of carbonyl (C=O) groups is 3. The first-order valence-corrected chi connectivity index (χ1v) is 9.09. The molecule has 0 radical (unpaired) electrons. The maximum atomic E-state index is 12.8. The van der Waals surface area contributed by atoms with E-state index in [0.29, 0.717) is 16.1 Å². The molecule has 1 saturated heterocycles. The second-order valence-corrected chi connectivity index (χ2v) is 6.78. The van der Waals surface area contributed by atoms with Crippen LogP contribution in [0.15, 0.2) is 60.2 Å². The van der Waals surface area contributed by atoms with Crippen LogP contribution in [0.3, 0.4) is 0 Å². The third-order valence-electron chi connectivity index (χ3n) is 4.58. The van der Waals surface area contributed by atoms with Crippen LogP contribution in [0, 0.1) is 0 Å². The number of amides is 1. The van der Waals surface area contributed by atoms with E-state index in [1.165, 1.54) is 4.90 Å². The molecule has 3 rings (SSSR count). The smallest absolute Gasteiger partial charge is 0.303 e. The van der Waals surface area contributed by atoms with Crippen LogP contribution < -0.4 is 0 Å². The molecule has 0 saturated carbocycles. The van der Waals surface area contributed by atoms with Gasteiger partial charge in [-0.05, 0) is 18.1 Å². The van der Waals surface area contributed by atoms with Crippen LogP contribution in [-0.4, -0.2) is 39.3 Å². The van der Waals surface area contributed by atoms with Crippen LogP contribution in [0.5, 0.6) is 0 Å². The van der Waals surface area contributed by atoms with Crippen molar-refractivity contribution in [3.63, 3.8) is 0 Å². The number of carboxylic acids is 1. The lowest BCUT2D eigenvalue weighted by molar-refractivity contribution is -0.140. The molecule has 1 heterocycles. The van der Waals surface area contributed by atoms with Crippen molar-refractivity contribution in [1.82, 2.24) is 4.90 Å². The third-order valence-corrected chi connectivity index (χ3v) is 4.92. The van der Waals surface area contributed by atoms with Crippen LogP contribution in [0.1, 0.15) is 30.0 Å². The Morgan fingerprint density at radius 1 is 1.00 bits per heavy atom. The molecule has 6 nitrogen and oxygen atoms in total. The first kappa shape index (κ1) is 19.6. The molecular weight excluding hydrogens is 382 g/mol. The van der Waals surface area contributed by atoms with Crippen molar-refractivity contribution in [2.75, 3.05) is 6.54 Å². The highest BCUT2D eigenvalue weighted by Crippen LogP contribution is 2.41. The summed E-state index contributed by atoms with van der Waals surface area (Å²) in [5.41, 5.74) is 0.846. The van der Waals surface area contributed by atoms with E-state index in [4.69, 9.17) is 16.7 Å². The molecule has 0 bridgehead atoms. The standard InChI is InChI=1S/C21H18ClNO5/c22-15-10-5-4-9-14(15)18-17(19(26)13-7-2-1-3-8-13)20(27)21(28)23(18)12-6-11-16(24)25/h1-5,7-10,18,26H,6,11-12H2,(H,24,25)/b19-17+. The lowest BCUT2D eigenvalue weighted by Gasteiger charge is -2.25. The minimum Gasteiger partial charge on any atom is -0.507 e. The number of hydrogen-bond acceptors (Lipinski definition) is 4. The number of rotatable bonds is 6. The molecule has 0 aliphatic carbocycles. The number of Topliss-reactive ketones (excluding diaryl/α,β-unsaturated/α-hetero) is 1. The molecule has 0 aromatic heterocycles. The van der Waals surface area contributed by atoms with Crippen molar-refractivity contribution in [2.24, 2.45) is 0 Å². The number of hydrogen-bond donors (Lipinski definition) is 2. The molecule has 1 amide bonds. The van der Waals surface area contributed by atoms with E-state index in [1.807, 2.05) is 0 Å². The van der Waals surface area contributed by atoms with Gasteiger partial charge in [-0.15, -0.1) is 0 Å². The second-order valence-electron chi connectivity index (χ2n) is 6.38. The molecule has 7 heteroatoms. The number of aliphatic hydroxyl groups is 1. The Morgan fingerprint density at radius 2 is 1.64 bits per heavy atom. The highest BCUT2D eigenvalue weighted by molar-refractivity contribution is 6.47. The lowest BCUT2D eigenvalue weighted by atomic mass is 9.95. The molecule has 1 atom stereocenters. The van der Waals surface area contributed by atoms with Gasteiger partial charge in [0.25, 0.3) is 11.7 Å². The van der Waals surface area contributed by atoms with Crippen molar-refractivity contribution in [3.8, 4) is 0 Å². The van der Waals surface area contributed by atoms with Gasteiger partial charge in [-0.2, -0.15) is 0 Å². The van der Waals surface area contributed by atoms with Gasteiger partial charge in [0.2, 0.25) is 0 Å². The Hall–Kier alpha value is -3.12. The van der Waals surface area contributed by atoms with Gasteiger partial charge in [-0.3, -0.25) is 14.4 Å². The average molecular weight is 400 g/mol. The Bertz CT molecular complexity index is 954. The van der Waals surface area contributed by atoms with E-state index in [2.05, 4.69) is 0 Å². The molecule has 1 unspecified atom stereocenters. The van der Waals surface area contributed by atoms with Crippen molar-refractivity contribution in [3.05, 3.63) is 76.3 Å². The van der Waals surface area contributed by atoms with Gasteiger partial charge in [-0.25, -0.2) is 0 Å². The Balaban J connectivity index is 2.11. The summed E-state index contributed by atoms with van der Waals surface area (Å²) >= 11 is 6.32. The predicted molar refractivity (Wildman–Crippen MR) is 104 cm³/mol. The van der Waals surface area contributed by atoms with Gasteiger partial charge in [0.15, 0.2) is 0 Å². The van der Waals surface area contributed by atoms with Crippen molar-refractivity contribution in [1.29, 1.82) is 0 Å². The largest absolute Gasteiger partial charge is 0.507 e. The SMILES string of the molecule is O=C(O)CCCN1C(=O)C(=O)/C(=C(/O)c2ccccc2)C1c1ccccc1Cl. The van der Waals surface area contributed by atoms with Crippen LogP contribution >= 0.6 is 11.6 Å². The molecular formula is C21H18ClNO5. The fourth-order valence-corrected chi connectivity index (χ4v) is 3.52. The number of aliphatic carboxylic acids is 1. The van der Waals surface area contributed by atoms with Crippen LogP contribution in [-0.2, 0) is 14.4 Å². The highest BCUT2D eigenvalue weighted by Gasteiger charge is 2.46. The highest BCUT2D eigenvalue weighted by atomic mass is 35.5. The summed E-state index contributed by atoms with van der Waals surface area (Å²) in [6.45, 7) is 0.0539. The minimum absolute atomic E-state index is 0.0539. The van der Waals surface area contributed by atoms with Crippen LogP contribution in [0.2, 0.25) is 5.02 Å². The molecule has 2 N–H and O–H groups in total. The monoisotopic (exact) mass is 399 g/mol. The minimum atomic E-state index is -0.991. The Kier molecular flexibility index (Phi) is 5.80. The number of halogens is 1. The second kappa shape index (κ2) is 8.27. The first-order chi connectivity index (χ1) is 13.4. The predicted octanol–water partition coefficient (Wildman–Crippen LogP) is 3.63. The van der Waals surface area contributed by atoms with Gasteiger partial charge in [0.1, 0.15) is 5.76 Å². The zero-order chi connectivity index (χ0) is 20.3. The van der Waals surface area contributed by atoms with Gasteiger partial charge >= 0.3 is 5.97 Å². The van der Waals surface area contributed by atoms with E-state index >= 15 is 0 Å². The fourth-order valence-electron chi connectivity index (χ4n) is 3.28. The van der Waals surface area contributed by atoms with Gasteiger partial charge in [0.05, 0.1) is 11.6 Å². The van der Waals surface area contributed by atoms with Crippen LogP contribution in [0.4, 0.5) is 0 Å². The number of nitrogens with zero attached hydrogens (tertiary/aromatic N) is 1. The van der Waals surface area contributed by atoms with Crippen molar-refractivity contribution in [2.45, 2.75) is 18.9 Å². The van der Waals surface area contributed by atoms with E-state index in [0.717, 1.165) is 0 Å². The fraction of sp³-hybridized carbons (Fsp3) is 0.190. The van der Waals surface area contributed by atoms with E-state index < -0.39 is 23.7 Å². The van der Waals surface area contributed by atoms with Crippen molar-refractivity contribution >= 4 is 35.0 Å². The van der Waals surface area contributed by atoms with E-state index in [9.17, 15) is 19.5 Å². The first-order valence-electron chi connectivity index (χ1n) is 8.72. The number of carboxylic acid groups (broad SMARTS) is 1. The summed E-state index contributed by atoms with van der Waals surface area (Å²) in [4.78, 5) is 37.5. The van der Waals surface area contributed by atoms with Gasteiger partial charge in [0, 0.05) is 23.6 Å². The number of ketones is 1. The van der Waals surface area contributed by atoms with E-state index in [-0.39, 0.29) is 30.7 Å². The Labute approximate surface area is 166 Å². The summed E-state index contributed by atoms with van der Waals surface area (Å²) in [6, 6.07) is 14.3. The Morgan fingerprint density at radius 3 is 2.29 bits per heavy atom. The average Bonchev–Trinajstić information content (AvgIpc) is 2.93. The maximum absolute atomic E-state index is 12.8.